The van der Waals surface area contributed by atoms with Gasteiger partial charge in [-0.2, -0.15) is 0 Å². The molecule has 2 aliphatic heterocycles. The van der Waals surface area contributed by atoms with Gasteiger partial charge >= 0.3 is 0 Å². The maximum absolute atomic E-state index is 7.09. The predicted molar refractivity (Wildman–Crippen MR) is 290 cm³/mol. The molecule has 7 aromatic carbocycles. The minimum atomic E-state index is 0.0490. The topological polar surface area (TPSA) is 19.6 Å². The van der Waals surface area contributed by atoms with E-state index in [1.165, 1.54) is 124 Å². The van der Waals surface area contributed by atoms with Gasteiger partial charge < -0.3 is 14.2 Å². The molecule has 2 aromatic heterocycles. The number of furan rings is 1. The molecule has 0 amide bonds. The molecule has 334 valence electrons. The summed E-state index contributed by atoms with van der Waals surface area (Å²) in [7, 11) is 0. The fraction of sp³-hybridized carbons (Fsp3) is 0.323. The van der Waals surface area contributed by atoms with Crippen LogP contribution in [0.5, 0.6) is 0 Å². The molecule has 0 unspecified atom stereocenters. The number of anilines is 6. The lowest BCUT2D eigenvalue weighted by molar-refractivity contribution is 0.332. The van der Waals surface area contributed by atoms with E-state index in [9.17, 15) is 0 Å². The summed E-state index contributed by atoms with van der Waals surface area (Å²) in [6.45, 7) is 26.7. The van der Waals surface area contributed by atoms with Gasteiger partial charge in [0.15, 0.2) is 5.58 Å². The summed E-state index contributed by atoms with van der Waals surface area (Å²) in [6.07, 6.45) is 4.76. The summed E-state index contributed by atoms with van der Waals surface area (Å²) in [5, 5.41) is 6.10. The molecule has 0 bridgehead atoms. The summed E-state index contributed by atoms with van der Waals surface area (Å²) in [5.74, 6) is 0.369. The minimum absolute atomic E-state index is 0.0490. The molecular weight excluding hydrogens is 832 g/mol. The van der Waals surface area contributed by atoms with E-state index in [4.69, 9.17) is 4.42 Å². The predicted octanol–water partition coefficient (Wildman–Crippen LogP) is 16.2. The Bertz CT molecular complexity index is 3620. The van der Waals surface area contributed by atoms with Crippen LogP contribution >= 0.6 is 11.3 Å². The van der Waals surface area contributed by atoms with Crippen molar-refractivity contribution < 1.29 is 4.42 Å². The molecule has 4 aliphatic rings. The first-order chi connectivity index (χ1) is 31.9. The van der Waals surface area contributed by atoms with E-state index >= 15 is 0 Å². The zero-order valence-corrected chi connectivity index (χ0v) is 42.0. The van der Waals surface area contributed by atoms with Crippen molar-refractivity contribution in [3.63, 3.8) is 0 Å². The number of nitrogens with zero attached hydrogens (tertiary/aromatic N) is 2. The number of benzene rings is 7. The van der Waals surface area contributed by atoms with Crippen LogP contribution in [-0.4, -0.2) is 6.71 Å². The molecule has 2 aliphatic carbocycles. The number of hydrogen-bond acceptors (Lipinski definition) is 4. The molecule has 0 radical (unpaired) electrons. The van der Waals surface area contributed by atoms with Crippen molar-refractivity contribution in [2.45, 2.75) is 129 Å². The van der Waals surface area contributed by atoms with Gasteiger partial charge in [0.1, 0.15) is 5.58 Å². The maximum atomic E-state index is 7.09. The zero-order valence-electron chi connectivity index (χ0n) is 41.2. The monoisotopic (exact) mass is 892 g/mol. The molecule has 13 rings (SSSR count). The Hall–Kier alpha value is -5.78. The third-order valence-corrected chi connectivity index (χ3v) is 18.4. The van der Waals surface area contributed by atoms with Gasteiger partial charge in [-0.15, -0.1) is 11.3 Å². The molecular formula is C62H61BN2OS. The molecule has 0 N–H and O–H groups in total. The molecule has 9 aromatic rings. The van der Waals surface area contributed by atoms with Crippen LogP contribution in [0.2, 0.25) is 0 Å². The Labute approximate surface area is 400 Å². The minimum Gasteiger partial charge on any atom is -0.454 e. The molecule has 3 nitrogen and oxygen atoms in total. The summed E-state index contributed by atoms with van der Waals surface area (Å²) in [6, 6.07) is 45.1. The first-order valence-corrected chi connectivity index (χ1v) is 25.7. The van der Waals surface area contributed by atoms with Crippen molar-refractivity contribution >= 4 is 111 Å². The number of hydrogen-bond donors (Lipinski definition) is 0. The zero-order chi connectivity index (χ0) is 46.3. The Morgan fingerprint density at radius 2 is 1.19 bits per heavy atom. The number of rotatable bonds is 3. The SMILES string of the molecule is Cc1cc2c3c(c1)N(c1cccc4c1oc1cc5ccccc5cc14)c1cc(C(C)C)ccc1B3c1sc3cc4c(cc3c1N2c1ccc2c(c1)C(C)(C)CCC2(C)C)C(C)(C)CCC4(C)C. The maximum Gasteiger partial charge on any atom is 0.264 e. The number of thiophene rings is 1. The van der Waals surface area contributed by atoms with E-state index in [1.807, 2.05) is 11.3 Å². The Morgan fingerprint density at radius 3 is 1.90 bits per heavy atom. The van der Waals surface area contributed by atoms with E-state index in [1.54, 1.807) is 0 Å². The summed E-state index contributed by atoms with van der Waals surface area (Å²) >= 11 is 2.04. The van der Waals surface area contributed by atoms with Crippen molar-refractivity contribution in [3.8, 4) is 0 Å². The Kier molecular flexibility index (Phi) is 8.46. The highest BCUT2D eigenvalue weighted by molar-refractivity contribution is 7.33. The Morgan fingerprint density at radius 1 is 0.552 bits per heavy atom. The van der Waals surface area contributed by atoms with Crippen LogP contribution in [0, 0.1) is 6.92 Å². The second kappa shape index (κ2) is 13.7. The third-order valence-electron chi connectivity index (χ3n) is 17.2. The van der Waals surface area contributed by atoms with E-state index in [0.717, 1.165) is 27.6 Å². The van der Waals surface area contributed by atoms with Gasteiger partial charge in [-0.3, -0.25) is 0 Å². The number of aryl methyl sites for hydroxylation is 1. The average Bonchev–Trinajstić information content (AvgIpc) is 3.85. The fourth-order valence-electron chi connectivity index (χ4n) is 12.9. The summed E-state index contributed by atoms with van der Waals surface area (Å²) in [4.78, 5) is 5.29. The lowest BCUT2D eigenvalue weighted by Crippen LogP contribution is -2.60. The molecule has 0 atom stereocenters. The molecule has 67 heavy (non-hydrogen) atoms. The molecule has 5 heteroatoms. The second-order valence-corrected chi connectivity index (χ2v) is 24.8. The highest BCUT2D eigenvalue weighted by Gasteiger charge is 2.47. The first kappa shape index (κ1) is 41.4. The van der Waals surface area contributed by atoms with E-state index in [-0.39, 0.29) is 28.4 Å². The van der Waals surface area contributed by atoms with Gasteiger partial charge in [0.25, 0.3) is 6.71 Å². The van der Waals surface area contributed by atoms with Crippen molar-refractivity contribution in [2.24, 2.45) is 0 Å². The van der Waals surface area contributed by atoms with Crippen LogP contribution in [0.1, 0.15) is 134 Å². The quantitative estimate of drug-likeness (QED) is 0.165. The third kappa shape index (κ3) is 5.82. The highest BCUT2D eigenvalue weighted by atomic mass is 32.1. The van der Waals surface area contributed by atoms with Crippen LogP contribution < -0.4 is 25.5 Å². The highest BCUT2D eigenvalue weighted by Crippen LogP contribution is 2.55. The van der Waals surface area contributed by atoms with Gasteiger partial charge in [-0.1, -0.05) is 124 Å². The molecule has 0 spiro atoms. The van der Waals surface area contributed by atoms with E-state index in [2.05, 4.69) is 201 Å². The number of fused-ring (bicyclic) bond motifs is 12. The standard InChI is InChI=1S/C62H61BN2OS/c1-35(2)37-19-22-48-50(30-37)65(49-18-14-17-41-42-29-38-15-12-13-16-39(38)31-53(42)66-57(41)49)52-28-36(3)27-51-55(52)63(48)58-56(43-33-46-47(34-54(43)67-58)62(10,11)26-25-61(46,8)9)64(51)40-20-21-44-45(32-40)60(6,7)24-23-59(44,4)5/h12-22,27-35H,23-26H2,1-11H3. The molecule has 0 saturated carbocycles. The summed E-state index contributed by atoms with van der Waals surface area (Å²) < 4.78 is 9.92. The van der Waals surface area contributed by atoms with Crippen molar-refractivity contribution in [1.82, 2.24) is 0 Å². The summed E-state index contributed by atoms with van der Waals surface area (Å²) in [5.41, 5.74) is 21.0. The first-order valence-electron chi connectivity index (χ1n) is 24.9. The largest absolute Gasteiger partial charge is 0.454 e. The van der Waals surface area contributed by atoms with Crippen LogP contribution in [0.4, 0.5) is 34.1 Å². The average molecular weight is 893 g/mol. The van der Waals surface area contributed by atoms with E-state index < -0.39 is 0 Å². The second-order valence-electron chi connectivity index (χ2n) is 23.7. The number of para-hydroxylation sites is 1. The lowest BCUT2D eigenvalue weighted by atomic mass is 9.36. The lowest BCUT2D eigenvalue weighted by Gasteiger charge is -2.45. The fourth-order valence-corrected chi connectivity index (χ4v) is 14.3. The van der Waals surface area contributed by atoms with Crippen LogP contribution in [-0.2, 0) is 21.7 Å². The van der Waals surface area contributed by atoms with Crippen molar-refractivity contribution in [1.29, 1.82) is 0 Å². The van der Waals surface area contributed by atoms with Crippen molar-refractivity contribution in [2.75, 3.05) is 9.80 Å². The van der Waals surface area contributed by atoms with Crippen LogP contribution in [0.15, 0.2) is 120 Å². The van der Waals surface area contributed by atoms with Gasteiger partial charge in [0.05, 0.1) is 11.4 Å². The van der Waals surface area contributed by atoms with Gasteiger partial charge in [-0.05, 0) is 176 Å². The normalized spacial score (nSPS) is 18.4. The van der Waals surface area contributed by atoms with Gasteiger partial charge in [0.2, 0.25) is 0 Å². The van der Waals surface area contributed by atoms with E-state index in [0.29, 0.717) is 5.92 Å². The van der Waals surface area contributed by atoms with Crippen LogP contribution in [0.25, 0.3) is 42.8 Å². The molecule has 0 saturated heterocycles. The Balaban J connectivity index is 1.14. The van der Waals surface area contributed by atoms with Crippen molar-refractivity contribution in [3.05, 3.63) is 149 Å². The van der Waals surface area contributed by atoms with Crippen LogP contribution in [0.3, 0.4) is 0 Å². The van der Waals surface area contributed by atoms with Gasteiger partial charge in [-0.25, -0.2) is 0 Å². The smallest absolute Gasteiger partial charge is 0.264 e. The molecule has 0 fully saturated rings. The van der Waals surface area contributed by atoms with Gasteiger partial charge in [0, 0.05) is 48.4 Å². The molecule has 4 heterocycles.